The van der Waals surface area contributed by atoms with Crippen LogP contribution < -0.4 is 5.11 Å². The molecule has 0 aliphatic carbocycles. The average molecular weight is 423 g/mol. The molecule has 0 bridgehead atoms. The van der Waals surface area contributed by atoms with Crippen LogP contribution >= 0.6 is 0 Å². The van der Waals surface area contributed by atoms with Crippen molar-refractivity contribution >= 4 is 6.08 Å². The molecule has 4 aromatic carbocycles. The minimum absolute atomic E-state index is 0.147. The van der Waals surface area contributed by atoms with Gasteiger partial charge in [-0.3, -0.25) is 0 Å². The summed E-state index contributed by atoms with van der Waals surface area (Å²) in [6.45, 7) is 0.0245. The predicted octanol–water partition coefficient (Wildman–Crippen LogP) is 4.89. The molecule has 0 fully saturated rings. The summed E-state index contributed by atoms with van der Waals surface area (Å²) in [5.41, 5.74) is 2.83. The van der Waals surface area contributed by atoms with Crippen molar-refractivity contribution in [2.45, 2.75) is 12.2 Å². The first-order chi connectivity index (χ1) is 15.8. The van der Waals surface area contributed by atoms with Crippen LogP contribution in [0.4, 0.5) is 0 Å². The first-order valence-corrected chi connectivity index (χ1v) is 10.5. The Balaban J connectivity index is 1.64. The Labute approximate surface area is 188 Å². The summed E-state index contributed by atoms with van der Waals surface area (Å²) in [6, 6.07) is 39.4. The van der Waals surface area contributed by atoms with Crippen molar-refractivity contribution < 1.29 is 14.6 Å². The third-order valence-electron chi connectivity index (χ3n) is 5.22. The minimum Gasteiger partial charge on any atom is -0.596 e. The number of nitrogens with zero attached hydrogens (tertiary/aromatic N) is 1. The van der Waals surface area contributed by atoms with Gasteiger partial charge < -0.3 is 14.6 Å². The highest BCUT2D eigenvalue weighted by Gasteiger charge is 2.37. The molecule has 0 saturated carbocycles. The van der Waals surface area contributed by atoms with E-state index in [-0.39, 0.29) is 13.3 Å². The van der Waals surface area contributed by atoms with Gasteiger partial charge in [0.2, 0.25) is 0 Å². The van der Waals surface area contributed by atoms with Crippen LogP contribution in [-0.4, -0.2) is 12.8 Å². The minimum atomic E-state index is -0.924. The van der Waals surface area contributed by atoms with E-state index in [1.54, 1.807) is 0 Å². The first-order valence-electron chi connectivity index (χ1n) is 10.5. The zero-order valence-corrected chi connectivity index (χ0v) is 17.6. The average Bonchev–Trinajstić information content (AvgIpc) is 2.88. The van der Waals surface area contributed by atoms with Gasteiger partial charge in [-0.05, 0) is 22.3 Å². The number of hydrogen-bond acceptors (Lipinski definition) is 4. The summed E-state index contributed by atoms with van der Waals surface area (Å²) in [5, 5.41) is 12.2. The van der Waals surface area contributed by atoms with Crippen LogP contribution in [0.3, 0.4) is 0 Å². The van der Waals surface area contributed by atoms with Crippen molar-refractivity contribution in [1.82, 2.24) is 0 Å². The summed E-state index contributed by atoms with van der Waals surface area (Å²) in [4.78, 5) is 4.02. The first kappa shape index (κ1) is 21.3. The third-order valence-corrected chi connectivity index (χ3v) is 5.22. The number of benzene rings is 4. The van der Waals surface area contributed by atoms with Gasteiger partial charge in [0.05, 0.1) is 0 Å². The van der Waals surface area contributed by atoms with E-state index in [4.69, 9.17) is 9.47 Å². The smallest absolute Gasteiger partial charge is 0.148 e. The summed E-state index contributed by atoms with van der Waals surface area (Å²) in [6.07, 6.45) is -0.656. The Bertz CT molecular complexity index is 1020. The molecule has 0 aromatic heterocycles. The fourth-order valence-electron chi connectivity index (χ4n) is 3.72. The van der Waals surface area contributed by atoms with Crippen LogP contribution in [-0.2, 0) is 21.7 Å². The van der Waals surface area contributed by atoms with Crippen LogP contribution in [0.1, 0.15) is 22.3 Å². The summed E-state index contributed by atoms with van der Waals surface area (Å²) in [5.74, 6) is 0. The summed E-state index contributed by atoms with van der Waals surface area (Å²) >= 11 is 0. The van der Waals surface area contributed by atoms with E-state index in [1.165, 1.54) is 0 Å². The molecule has 0 aliphatic heterocycles. The molecule has 0 saturated heterocycles. The maximum Gasteiger partial charge on any atom is 0.148 e. The lowest BCUT2D eigenvalue weighted by Crippen LogP contribution is -2.33. The summed E-state index contributed by atoms with van der Waals surface area (Å²) < 4.78 is 11.7. The van der Waals surface area contributed by atoms with E-state index >= 15 is 0 Å². The molecule has 0 radical (unpaired) electrons. The van der Waals surface area contributed by atoms with E-state index in [1.807, 2.05) is 121 Å². The zero-order chi connectivity index (χ0) is 22.1. The van der Waals surface area contributed by atoms with Crippen LogP contribution in [0.15, 0.2) is 126 Å². The van der Waals surface area contributed by atoms with E-state index in [0.717, 1.165) is 22.3 Å². The second-order valence-corrected chi connectivity index (χ2v) is 7.25. The fraction of sp³-hybridized carbons (Fsp3) is 0.107. The SMILES string of the molecule is [O-]/C(=N\COC(c1ccccc1)(c1ccccc1)c1ccccc1)OCc1ccccc1. The Kier molecular flexibility index (Phi) is 6.95. The molecule has 0 unspecified atom stereocenters. The van der Waals surface area contributed by atoms with Crippen LogP contribution in [0, 0.1) is 0 Å². The number of ether oxygens (including phenoxy) is 2. The molecule has 160 valence electrons. The number of hydrogen-bond donors (Lipinski definition) is 0. The van der Waals surface area contributed by atoms with Crippen molar-refractivity contribution in [3.8, 4) is 0 Å². The monoisotopic (exact) mass is 422 g/mol. The van der Waals surface area contributed by atoms with Gasteiger partial charge in [-0.25, -0.2) is 4.99 Å². The van der Waals surface area contributed by atoms with Crippen LogP contribution in [0.2, 0.25) is 0 Å². The van der Waals surface area contributed by atoms with Gasteiger partial charge in [-0.1, -0.05) is 121 Å². The molecule has 4 heteroatoms. The van der Waals surface area contributed by atoms with Gasteiger partial charge in [0.15, 0.2) is 0 Å². The lowest BCUT2D eigenvalue weighted by atomic mass is 9.80. The zero-order valence-electron chi connectivity index (χ0n) is 17.6. The molecule has 4 aromatic rings. The second-order valence-electron chi connectivity index (χ2n) is 7.25. The van der Waals surface area contributed by atoms with E-state index in [0.29, 0.717) is 0 Å². The molecular formula is C28H24NO3-. The van der Waals surface area contributed by atoms with E-state index in [2.05, 4.69) is 4.99 Å². The number of aliphatic imine (C=N–C) groups is 1. The Morgan fingerprint density at radius 3 is 1.47 bits per heavy atom. The summed E-state index contributed by atoms with van der Waals surface area (Å²) in [7, 11) is 0. The molecule has 0 atom stereocenters. The topological polar surface area (TPSA) is 53.9 Å². The van der Waals surface area contributed by atoms with Gasteiger partial charge in [0, 0.05) is 6.61 Å². The van der Waals surface area contributed by atoms with Crippen molar-refractivity contribution in [1.29, 1.82) is 0 Å². The van der Waals surface area contributed by atoms with Crippen LogP contribution in [0.25, 0.3) is 0 Å². The normalized spacial score (nSPS) is 11.8. The Morgan fingerprint density at radius 1 is 0.625 bits per heavy atom. The molecule has 4 nitrogen and oxygen atoms in total. The van der Waals surface area contributed by atoms with Crippen molar-refractivity contribution in [2.24, 2.45) is 4.99 Å². The third kappa shape index (κ3) is 4.88. The van der Waals surface area contributed by atoms with Crippen molar-refractivity contribution in [3.05, 3.63) is 144 Å². The van der Waals surface area contributed by atoms with E-state index in [9.17, 15) is 5.11 Å². The van der Waals surface area contributed by atoms with Crippen LogP contribution in [0.5, 0.6) is 0 Å². The quantitative estimate of drug-likeness (QED) is 0.231. The van der Waals surface area contributed by atoms with Gasteiger partial charge in [0.25, 0.3) is 0 Å². The standard InChI is InChI=1S/C28H25NO3/c30-27(31-21-23-13-5-1-6-14-23)29-22-32-28(24-15-7-2-8-16-24,25-17-9-3-10-18-25)26-19-11-4-12-20-26/h1-20H,21-22H2,(H,29,30)/p-1. The molecule has 4 rings (SSSR count). The maximum atomic E-state index is 12.2. The van der Waals surface area contributed by atoms with Crippen molar-refractivity contribution in [3.63, 3.8) is 0 Å². The highest BCUT2D eigenvalue weighted by atomic mass is 16.6. The molecular weight excluding hydrogens is 398 g/mol. The molecule has 32 heavy (non-hydrogen) atoms. The lowest BCUT2D eigenvalue weighted by molar-refractivity contribution is -0.253. The van der Waals surface area contributed by atoms with E-state index < -0.39 is 11.7 Å². The molecule has 0 aliphatic rings. The molecule has 0 amide bonds. The fourth-order valence-corrected chi connectivity index (χ4v) is 3.72. The highest BCUT2D eigenvalue weighted by Crippen LogP contribution is 2.40. The Morgan fingerprint density at radius 2 is 1.03 bits per heavy atom. The largest absolute Gasteiger partial charge is 0.596 e. The molecule has 0 N–H and O–H groups in total. The van der Waals surface area contributed by atoms with Gasteiger partial charge >= 0.3 is 0 Å². The van der Waals surface area contributed by atoms with Gasteiger partial charge in [-0.15, -0.1) is 0 Å². The molecule has 0 spiro atoms. The maximum absolute atomic E-state index is 12.2. The van der Waals surface area contributed by atoms with Gasteiger partial charge in [0.1, 0.15) is 18.4 Å². The second kappa shape index (κ2) is 10.4. The van der Waals surface area contributed by atoms with Crippen molar-refractivity contribution in [2.75, 3.05) is 6.73 Å². The predicted molar refractivity (Wildman–Crippen MR) is 124 cm³/mol. The molecule has 0 heterocycles. The Hall–Kier alpha value is -3.89. The lowest BCUT2D eigenvalue weighted by Gasteiger charge is -2.35. The number of rotatable bonds is 8. The van der Waals surface area contributed by atoms with Gasteiger partial charge in [-0.2, -0.15) is 0 Å². The highest BCUT2D eigenvalue weighted by molar-refractivity contribution is 5.61.